The van der Waals surface area contributed by atoms with Crippen LogP contribution in [0.15, 0.2) is 36.8 Å². The monoisotopic (exact) mass is 387 g/mol. The molecular formula is C19H17N9O. The summed E-state index contributed by atoms with van der Waals surface area (Å²) in [5.74, 6) is -0.252. The number of benzene rings is 1. The standard InChI is InChI=1S/C19H17N9O/c1-9-3-4-12-10(7-22-25-12)14(9)11-8-28-19(15(16(11)20)17(21)29)24-18(26-28)13-5-6-23-27(13)2/h3-8H,20H2,1-2H3,(H2,21,29)(H,22,25). The van der Waals surface area contributed by atoms with E-state index >= 15 is 0 Å². The first-order chi connectivity index (χ1) is 14.0. The minimum Gasteiger partial charge on any atom is -0.397 e. The van der Waals surface area contributed by atoms with E-state index in [9.17, 15) is 4.79 Å². The fourth-order valence-electron chi connectivity index (χ4n) is 3.66. The second-order valence-corrected chi connectivity index (χ2v) is 6.83. The molecule has 0 aliphatic rings. The van der Waals surface area contributed by atoms with Crippen molar-refractivity contribution in [1.82, 2.24) is 34.6 Å². The number of H-pyrrole nitrogens is 1. The molecule has 4 aromatic heterocycles. The van der Waals surface area contributed by atoms with Crippen molar-refractivity contribution in [2.45, 2.75) is 6.92 Å². The van der Waals surface area contributed by atoms with Crippen molar-refractivity contribution < 1.29 is 4.79 Å². The van der Waals surface area contributed by atoms with Crippen molar-refractivity contribution in [1.29, 1.82) is 0 Å². The van der Waals surface area contributed by atoms with Crippen LogP contribution in [0.1, 0.15) is 15.9 Å². The third kappa shape index (κ3) is 2.39. The van der Waals surface area contributed by atoms with Crippen LogP contribution in [-0.4, -0.2) is 40.5 Å². The van der Waals surface area contributed by atoms with Crippen LogP contribution in [0.3, 0.4) is 0 Å². The van der Waals surface area contributed by atoms with Crippen molar-refractivity contribution in [3.63, 3.8) is 0 Å². The summed E-state index contributed by atoms with van der Waals surface area (Å²) in [4.78, 5) is 16.8. The van der Waals surface area contributed by atoms with E-state index in [0.29, 0.717) is 22.7 Å². The summed E-state index contributed by atoms with van der Waals surface area (Å²) in [6.07, 6.45) is 5.14. The normalized spacial score (nSPS) is 11.5. The molecule has 0 fully saturated rings. The fraction of sp³-hybridized carbons (Fsp3) is 0.105. The van der Waals surface area contributed by atoms with Crippen molar-refractivity contribution in [3.05, 3.63) is 47.9 Å². The number of aromatic amines is 1. The Morgan fingerprint density at radius 1 is 1.24 bits per heavy atom. The molecule has 5 N–H and O–H groups in total. The van der Waals surface area contributed by atoms with Crippen LogP contribution in [-0.2, 0) is 7.05 Å². The Labute approximate surface area is 164 Å². The molecule has 5 aromatic rings. The predicted molar refractivity (Wildman–Crippen MR) is 108 cm³/mol. The number of pyridine rings is 1. The number of nitrogens with zero attached hydrogens (tertiary/aromatic N) is 6. The van der Waals surface area contributed by atoms with Gasteiger partial charge in [0.15, 0.2) is 11.5 Å². The van der Waals surface area contributed by atoms with Gasteiger partial charge in [-0.25, -0.2) is 9.50 Å². The molecule has 144 valence electrons. The largest absolute Gasteiger partial charge is 0.397 e. The van der Waals surface area contributed by atoms with E-state index in [1.165, 1.54) is 4.52 Å². The van der Waals surface area contributed by atoms with E-state index in [4.69, 9.17) is 11.5 Å². The van der Waals surface area contributed by atoms with Gasteiger partial charge in [0.25, 0.3) is 5.91 Å². The highest BCUT2D eigenvalue weighted by atomic mass is 16.1. The molecule has 0 saturated heterocycles. The van der Waals surface area contributed by atoms with Crippen LogP contribution in [0.25, 0.3) is 39.2 Å². The molecule has 0 spiro atoms. The number of anilines is 1. The lowest BCUT2D eigenvalue weighted by atomic mass is 9.95. The molecule has 0 radical (unpaired) electrons. The Morgan fingerprint density at radius 3 is 2.79 bits per heavy atom. The van der Waals surface area contributed by atoms with Gasteiger partial charge in [-0.05, 0) is 30.2 Å². The smallest absolute Gasteiger partial charge is 0.254 e. The van der Waals surface area contributed by atoms with Crippen LogP contribution in [0.2, 0.25) is 0 Å². The molecule has 5 rings (SSSR count). The number of primary amides is 1. The Hall–Kier alpha value is -4.21. The predicted octanol–water partition coefficient (Wildman–Crippen LogP) is 1.66. The minimum absolute atomic E-state index is 0.128. The van der Waals surface area contributed by atoms with Gasteiger partial charge in [-0.2, -0.15) is 10.2 Å². The van der Waals surface area contributed by atoms with Gasteiger partial charge in [0.05, 0.1) is 17.4 Å². The molecule has 29 heavy (non-hydrogen) atoms. The second-order valence-electron chi connectivity index (χ2n) is 6.83. The van der Waals surface area contributed by atoms with Crippen LogP contribution >= 0.6 is 0 Å². The average molecular weight is 387 g/mol. The molecule has 0 bridgehead atoms. The zero-order chi connectivity index (χ0) is 20.3. The maximum Gasteiger partial charge on any atom is 0.254 e. The van der Waals surface area contributed by atoms with Crippen LogP contribution in [0.4, 0.5) is 5.69 Å². The molecule has 0 aliphatic carbocycles. The summed E-state index contributed by atoms with van der Waals surface area (Å²) in [5, 5.41) is 16.6. The zero-order valence-electron chi connectivity index (χ0n) is 15.7. The highest BCUT2D eigenvalue weighted by Crippen LogP contribution is 2.37. The summed E-state index contributed by atoms with van der Waals surface area (Å²) in [7, 11) is 1.79. The zero-order valence-corrected chi connectivity index (χ0v) is 15.7. The summed E-state index contributed by atoms with van der Waals surface area (Å²) in [5.41, 5.74) is 16.8. The Kier molecular flexibility index (Phi) is 3.44. The molecule has 10 heteroatoms. The second kappa shape index (κ2) is 5.89. The lowest BCUT2D eigenvalue weighted by Gasteiger charge is -2.13. The molecule has 1 aromatic carbocycles. The molecule has 10 nitrogen and oxygen atoms in total. The molecular weight excluding hydrogens is 370 g/mol. The van der Waals surface area contributed by atoms with Gasteiger partial charge in [0, 0.05) is 30.4 Å². The van der Waals surface area contributed by atoms with Crippen molar-refractivity contribution in [3.8, 4) is 22.6 Å². The maximum absolute atomic E-state index is 12.3. The van der Waals surface area contributed by atoms with Gasteiger partial charge in [-0.15, -0.1) is 5.10 Å². The quantitative estimate of drug-likeness (QED) is 0.429. The van der Waals surface area contributed by atoms with Crippen LogP contribution < -0.4 is 11.5 Å². The number of fused-ring (bicyclic) bond motifs is 2. The van der Waals surface area contributed by atoms with Crippen molar-refractivity contribution in [2.24, 2.45) is 12.8 Å². The van der Waals surface area contributed by atoms with Gasteiger partial charge in [0.1, 0.15) is 11.3 Å². The summed E-state index contributed by atoms with van der Waals surface area (Å²) < 4.78 is 3.19. The first-order valence-corrected chi connectivity index (χ1v) is 8.85. The third-order valence-corrected chi connectivity index (χ3v) is 5.06. The molecule has 0 saturated carbocycles. The summed E-state index contributed by atoms with van der Waals surface area (Å²) >= 11 is 0. The lowest BCUT2D eigenvalue weighted by molar-refractivity contribution is 0.100. The third-order valence-electron chi connectivity index (χ3n) is 5.06. The van der Waals surface area contributed by atoms with E-state index in [0.717, 1.165) is 22.0 Å². The number of carbonyl (C=O) groups is 1. The number of nitrogens with one attached hydrogen (secondary N) is 1. The molecule has 1 amide bonds. The Balaban J connectivity index is 1.87. The number of aromatic nitrogens is 7. The van der Waals surface area contributed by atoms with Gasteiger partial charge in [0.2, 0.25) is 0 Å². The highest BCUT2D eigenvalue weighted by Gasteiger charge is 2.23. The first-order valence-electron chi connectivity index (χ1n) is 8.85. The number of hydrogen-bond donors (Lipinski definition) is 3. The molecule has 0 aliphatic heterocycles. The first kappa shape index (κ1) is 16.9. The topological polar surface area (TPSA) is 146 Å². The lowest BCUT2D eigenvalue weighted by Crippen LogP contribution is -2.16. The number of amides is 1. The number of rotatable bonds is 3. The van der Waals surface area contributed by atoms with E-state index in [-0.39, 0.29) is 11.3 Å². The van der Waals surface area contributed by atoms with Crippen molar-refractivity contribution >= 4 is 28.1 Å². The number of carbonyl (C=O) groups excluding carboxylic acids is 1. The highest BCUT2D eigenvalue weighted by molar-refractivity contribution is 6.09. The summed E-state index contributed by atoms with van der Waals surface area (Å²) in [6, 6.07) is 5.70. The summed E-state index contributed by atoms with van der Waals surface area (Å²) in [6.45, 7) is 1.97. The van der Waals surface area contributed by atoms with E-state index in [2.05, 4.69) is 25.4 Å². The number of hydrogen-bond acceptors (Lipinski definition) is 6. The maximum atomic E-state index is 12.3. The number of aryl methyl sites for hydroxylation is 2. The van der Waals surface area contributed by atoms with E-state index in [1.54, 1.807) is 36.4 Å². The average Bonchev–Trinajstić information content (AvgIpc) is 3.39. The number of nitrogen functional groups attached to an aromatic ring is 1. The SMILES string of the molecule is Cc1ccc2[nH]ncc2c1-c1cn2nc(-c3ccnn3C)nc2c(C(N)=O)c1N. The van der Waals surface area contributed by atoms with E-state index in [1.807, 2.05) is 19.1 Å². The minimum atomic E-state index is -0.671. The fourth-order valence-corrected chi connectivity index (χ4v) is 3.66. The van der Waals surface area contributed by atoms with Gasteiger partial charge in [-0.3, -0.25) is 14.6 Å². The van der Waals surface area contributed by atoms with Crippen LogP contribution in [0.5, 0.6) is 0 Å². The van der Waals surface area contributed by atoms with E-state index < -0.39 is 5.91 Å². The molecule has 4 heterocycles. The van der Waals surface area contributed by atoms with Gasteiger partial charge >= 0.3 is 0 Å². The van der Waals surface area contributed by atoms with Gasteiger partial charge in [-0.1, -0.05) is 6.07 Å². The molecule has 0 atom stereocenters. The molecule has 0 unspecified atom stereocenters. The van der Waals surface area contributed by atoms with Crippen molar-refractivity contribution in [2.75, 3.05) is 5.73 Å². The Morgan fingerprint density at radius 2 is 2.07 bits per heavy atom. The van der Waals surface area contributed by atoms with Gasteiger partial charge < -0.3 is 11.5 Å². The number of nitrogens with two attached hydrogens (primary N) is 2. The van der Waals surface area contributed by atoms with Crippen LogP contribution in [0, 0.1) is 6.92 Å². The Bertz CT molecular complexity index is 1420.